The maximum absolute atomic E-state index is 2.30. The van der Waals surface area contributed by atoms with Crippen molar-refractivity contribution in [1.29, 1.82) is 0 Å². The molecule has 0 bridgehead atoms. The molecule has 0 unspecified atom stereocenters. The minimum Gasteiger partial charge on any atom is -0.140 e. The third kappa shape index (κ3) is 2.24. The summed E-state index contributed by atoms with van der Waals surface area (Å²) in [5, 5.41) is 1.42. The van der Waals surface area contributed by atoms with Crippen LogP contribution < -0.4 is 0 Å². The molecule has 0 N–H and O–H groups in total. The Morgan fingerprint density at radius 1 is 1.22 bits per heavy atom. The van der Waals surface area contributed by atoms with Crippen molar-refractivity contribution in [2.75, 3.05) is 0 Å². The summed E-state index contributed by atoms with van der Waals surface area (Å²) in [5.41, 5.74) is 3.15. The Morgan fingerprint density at radius 3 is 2.44 bits per heavy atom. The molecule has 1 aromatic heterocycles. The van der Waals surface area contributed by atoms with E-state index in [1.807, 2.05) is 11.3 Å². The van der Waals surface area contributed by atoms with Crippen LogP contribution in [0, 0.1) is 5.41 Å². The lowest BCUT2D eigenvalue weighted by molar-refractivity contribution is 0.566. The molecule has 2 rings (SSSR count). The molecule has 0 radical (unpaired) electrons. The first-order valence-corrected chi connectivity index (χ1v) is 7.48. The molecule has 0 amide bonds. The average Bonchev–Trinajstić information content (AvgIpc) is 2.67. The monoisotopic (exact) mass is 258 g/mol. The highest BCUT2D eigenvalue weighted by molar-refractivity contribution is 7.19. The first kappa shape index (κ1) is 13.4. The Bertz CT molecular complexity index is 579. The van der Waals surface area contributed by atoms with E-state index in [4.69, 9.17) is 0 Å². The lowest BCUT2D eigenvalue weighted by Crippen LogP contribution is -2.09. The van der Waals surface area contributed by atoms with E-state index in [9.17, 15) is 0 Å². The normalized spacial score (nSPS) is 13.3. The van der Waals surface area contributed by atoms with Crippen molar-refractivity contribution in [1.82, 2.24) is 0 Å². The fraction of sp³-hybridized carbons (Fsp3) is 0.412. The molecule has 0 aliphatic carbocycles. The zero-order valence-corrected chi connectivity index (χ0v) is 12.8. The first-order chi connectivity index (χ1) is 8.49. The minimum absolute atomic E-state index is 0.197. The zero-order valence-electron chi connectivity index (χ0n) is 12.0. The molecule has 0 spiro atoms. The van der Waals surface area contributed by atoms with Crippen molar-refractivity contribution >= 4 is 27.0 Å². The molecule has 1 aromatic carbocycles. The van der Waals surface area contributed by atoms with E-state index in [1.54, 1.807) is 0 Å². The molecular formula is C17H22S. The SMILES string of the molecule is C/C=C(\c1c(CC)sc2ccccc12)C(C)(C)C. The molecule has 1 heteroatoms. The number of hydrogen-bond acceptors (Lipinski definition) is 1. The van der Waals surface area contributed by atoms with Crippen LogP contribution in [0.3, 0.4) is 0 Å². The fourth-order valence-corrected chi connectivity index (χ4v) is 3.75. The summed E-state index contributed by atoms with van der Waals surface area (Å²) in [5.74, 6) is 0. The van der Waals surface area contributed by atoms with Gasteiger partial charge in [-0.2, -0.15) is 0 Å². The molecule has 0 nitrogen and oxygen atoms in total. The van der Waals surface area contributed by atoms with Gasteiger partial charge in [0.25, 0.3) is 0 Å². The van der Waals surface area contributed by atoms with Gasteiger partial charge in [0.05, 0.1) is 0 Å². The number of aryl methyl sites for hydroxylation is 1. The summed E-state index contributed by atoms with van der Waals surface area (Å²) in [6.07, 6.45) is 3.40. The third-order valence-electron chi connectivity index (χ3n) is 3.36. The number of allylic oxidation sites excluding steroid dienone is 2. The summed E-state index contributed by atoms with van der Waals surface area (Å²) in [7, 11) is 0. The van der Waals surface area contributed by atoms with E-state index in [0.29, 0.717) is 0 Å². The molecule has 0 saturated heterocycles. The lowest BCUT2D eigenvalue weighted by Gasteiger charge is -2.24. The summed E-state index contributed by atoms with van der Waals surface area (Å²) in [6.45, 7) is 11.3. The van der Waals surface area contributed by atoms with Crippen LogP contribution in [0.5, 0.6) is 0 Å². The van der Waals surface area contributed by atoms with Crippen molar-refractivity contribution in [3.05, 3.63) is 40.8 Å². The van der Waals surface area contributed by atoms with E-state index >= 15 is 0 Å². The standard InChI is InChI=1S/C17H22S/c1-6-13(17(3,4)5)16-12-10-8-9-11-15(12)18-14(16)7-2/h6,8-11H,7H2,1-5H3/b13-6+. The predicted octanol–water partition coefficient (Wildman–Crippen LogP) is 5.91. The van der Waals surface area contributed by atoms with Gasteiger partial charge in [0.1, 0.15) is 0 Å². The van der Waals surface area contributed by atoms with Crippen LogP contribution in [-0.2, 0) is 6.42 Å². The van der Waals surface area contributed by atoms with E-state index in [2.05, 4.69) is 65.0 Å². The van der Waals surface area contributed by atoms with Crippen LogP contribution in [-0.4, -0.2) is 0 Å². The van der Waals surface area contributed by atoms with Gasteiger partial charge in [-0.1, -0.05) is 52.0 Å². The fourth-order valence-electron chi connectivity index (χ4n) is 2.59. The molecule has 0 atom stereocenters. The highest BCUT2D eigenvalue weighted by atomic mass is 32.1. The van der Waals surface area contributed by atoms with Gasteiger partial charge < -0.3 is 0 Å². The molecule has 0 aliphatic heterocycles. The highest BCUT2D eigenvalue weighted by Gasteiger charge is 2.23. The van der Waals surface area contributed by atoms with Gasteiger partial charge in [0, 0.05) is 15.0 Å². The molecule has 0 aliphatic rings. The number of rotatable bonds is 2. The molecule has 1 heterocycles. The highest BCUT2D eigenvalue weighted by Crippen LogP contribution is 2.43. The Labute approximate surface area is 114 Å². The second-order valence-corrected chi connectivity index (χ2v) is 6.84. The van der Waals surface area contributed by atoms with Crippen LogP contribution in [0.4, 0.5) is 0 Å². The van der Waals surface area contributed by atoms with Crippen LogP contribution in [0.15, 0.2) is 30.3 Å². The van der Waals surface area contributed by atoms with Crippen LogP contribution in [0.1, 0.15) is 45.1 Å². The average molecular weight is 258 g/mol. The van der Waals surface area contributed by atoms with Gasteiger partial charge >= 0.3 is 0 Å². The van der Waals surface area contributed by atoms with Gasteiger partial charge in [0.15, 0.2) is 0 Å². The number of hydrogen-bond donors (Lipinski definition) is 0. The Balaban J connectivity index is 2.76. The summed E-state index contributed by atoms with van der Waals surface area (Å²) >= 11 is 1.94. The van der Waals surface area contributed by atoms with E-state index in [1.165, 1.54) is 26.1 Å². The number of benzene rings is 1. The predicted molar refractivity (Wildman–Crippen MR) is 84.3 cm³/mol. The minimum atomic E-state index is 0.197. The summed E-state index contributed by atoms with van der Waals surface area (Å²) in [4.78, 5) is 1.51. The number of thiophene rings is 1. The Morgan fingerprint density at radius 2 is 1.89 bits per heavy atom. The van der Waals surface area contributed by atoms with Gasteiger partial charge in [-0.3, -0.25) is 0 Å². The third-order valence-corrected chi connectivity index (χ3v) is 4.67. The van der Waals surface area contributed by atoms with Crippen molar-refractivity contribution in [3.8, 4) is 0 Å². The van der Waals surface area contributed by atoms with Gasteiger partial charge in [-0.15, -0.1) is 11.3 Å². The van der Waals surface area contributed by atoms with E-state index in [0.717, 1.165) is 6.42 Å². The Hall–Kier alpha value is -1.08. The molecule has 0 fully saturated rings. The smallest absolute Gasteiger partial charge is 0.0352 e. The molecular weight excluding hydrogens is 236 g/mol. The molecule has 2 aromatic rings. The largest absolute Gasteiger partial charge is 0.140 e. The maximum Gasteiger partial charge on any atom is 0.0352 e. The van der Waals surface area contributed by atoms with E-state index < -0.39 is 0 Å². The van der Waals surface area contributed by atoms with Gasteiger partial charge in [-0.25, -0.2) is 0 Å². The van der Waals surface area contributed by atoms with E-state index in [-0.39, 0.29) is 5.41 Å². The topological polar surface area (TPSA) is 0 Å². The lowest BCUT2D eigenvalue weighted by atomic mass is 9.80. The van der Waals surface area contributed by atoms with Crippen LogP contribution in [0.2, 0.25) is 0 Å². The molecule has 0 saturated carbocycles. The van der Waals surface area contributed by atoms with Crippen LogP contribution >= 0.6 is 11.3 Å². The van der Waals surface area contributed by atoms with Crippen molar-refractivity contribution in [2.24, 2.45) is 5.41 Å². The van der Waals surface area contributed by atoms with Crippen molar-refractivity contribution in [2.45, 2.75) is 41.0 Å². The number of fused-ring (bicyclic) bond motifs is 1. The quantitative estimate of drug-likeness (QED) is 0.628. The van der Waals surface area contributed by atoms with Crippen molar-refractivity contribution in [3.63, 3.8) is 0 Å². The molecule has 96 valence electrons. The van der Waals surface area contributed by atoms with Gasteiger partial charge in [-0.05, 0) is 36.0 Å². The van der Waals surface area contributed by atoms with Crippen molar-refractivity contribution < 1.29 is 0 Å². The van der Waals surface area contributed by atoms with Gasteiger partial charge in [0.2, 0.25) is 0 Å². The van der Waals surface area contributed by atoms with Crippen LogP contribution in [0.25, 0.3) is 15.7 Å². The Kier molecular flexibility index (Phi) is 3.63. The molecule has 18 heavy (non-hydrogen) atoms. The summed E-state index contributed by atoms with van der Waals surface area (Å²) in [6, 6.07) is 8.77. The second-order valence-electron chi connectivity index (χ2n) is 5.70. The maximum atomic E-state index is 2.30. The first-order valence-electron chi connectivity index (χ1n) is 6.66. The second kappa shape index (κ2) is 4.89. The summed E-state index contributed by atoms with van der Waals surface area (Å²) < 4.78 is 1.41. The zero-order chi connectivity index (χ0) is 13.3.